The van der Waals surface area contributed by atoms with Gasteiger partial charge in [-0.2, -0.15) is 0 Å². The summed E-state index contributed by atoms with van der Waals surface area (Å²) in [5, 5.41) is 9.17. The molecule has 6 nitrogen and oxygen atoms in total. The maximum Gasteiger partial charge on any atom is 0.262 e. The summed E-state index contributed by atoms with van der Waals surface area (Å²) in [6.45, 7) is 3.49. The summed E-state index contributed by atoms with van der Waals surface area (Å²) >= 11 is 6.20. The van der Waals surface area contributed by atoms with Crippen molar-refractivity contribution in [2.24, 2.45) is 5.41 Å². The van der Waals surface area contributed by atoms with E-state index in [1.54, 1.807) is 12.1 Å². The number of benzene rings is 1. The molecule has 1 aromatic carbocycles. The number of carbonyl (C=O) groups excluding carboxylic acids is 2. The molecule has 1 unspecified atom stereocenters. The van der Waals surface area contributed by atoms with Gasteiger partial charge in [-0.15, -0.1) is 0 Å². The summed E-state index contributed by atoms with van der Waals surface area (Å²) in [6.07, 6.45) is 1.80. The number of piperidine rings is 1. The molecule has 1 saturated heterocycles. The molecule has 1 atom stereocenters. The van der Waals surface area contributed by atoms with E-state index in [9.17, 15) is 9.59 Å². The van der Waals surface area contributed by atoms with Gasteiger partial charge in [-0.3, -0.25) is 9.59 Å². The molecule has 2 aliphatic rings. The Hall–Kier alpha value is -1.79. The van der Waals surface area contributed by atoms with Crippen LogP contribution in [0.3, 0.4) is 0 Å². The lowest BCUT2D eigenvalue weighted by atomic mass is 9.82. The van der Waals surface area contributed by atoms with Crippen LogP contribution < -0.4 is 20.7 Å². The molecule has 1 aromatic rings. The third kappa shape index (κ3) is 2.89. The number of amides is 2. The van der Waals surface area contributed by atoms with Gasteiger partial charge >= 0.3 is 0 Å². The van der Waals surface area contributed by atoms with E-state index in [4.69, 9.17) is 16.3 Å². The molecule has 0 aromatic heterocycles. The van der Waals surface area contributed by atoms with Gasteiger partial charge in [-0.1, -0.05) is 11.6 Å². The van der Waals surface area contributed by atoms with E-state index in [0.29, 0.717) is 28.7 Å². The molecule has 118 valence electrons. The van der Waals surface area contributed by atoms with Gasteiger partial charge in [-0.05, 0) is 32.4 Å². The van der Waals surface area contributed by atoms with Crippen LogP contribution in [0.2, 0.25) is 5.02 Å². The van der Waals surface area contributed by atoms with E-state index >= 15 is 0 Å². The van der Waals surface area contributed by atoms with E-state index in [-0.39, 0.29) is 18.4 Å². The zero-order valence-corrected chi connectivity index (χ0v) is 13.0. The number of ether oxygens (including phenoxy) is 1. The largest absolute Gasteiger partial charge is 0.482 e. The second-order valence-corrected chi connectivity index (χ2v) is 6.37. The maximum atomic E-state index is 12.5. The standard InChI is InChI=1S/C15H18ClN3O3/c1-15(3-2-4-17-8-15)14(21)19-10-6-12-11(5-9(10)16)18-13(20)7-22-12/h5-6,17H,2-4,7-8H2,1H3,(H,18,20)(H,19,21). The van der Waals surface area contributed by atoms with Crippen molar-refractivity contribution in [2.75, 3.05) is 30.3 Å². The average molecular weight is 324 g/mol. The van der Waals surface area contributed by atoms with Gasteiger partial charge in [0.2, 0.25) is 5.91 Å². The Morgan fingerprint density at radius 3 is 3.00 bits per heavy atom. The number of anilines is 2. The van der Waals surface area contributed by atoms with Crippen molar-refractivity contribution in [3.05, 3.63) is 17.2 Å². The zero-order chi connectivity index (χ0) is 15.7. The minimum Gasteiger partial charge on any atom is -0.482 e. The maximum absolute atomic E-state index is 12.5. The molecule has 22 heavy (non-hydrogen) atoms. The molecular formula is C15H18ClN3O3. The fourth-order valence-electron chi connectivity index (χ4n) is 2.72. The van der Waals surface area contributed by atoms with Gasteiger partial charge in [0.05, 0.1) is 21.8 Å². The quantitative estimate of drug-likeness (QED) is 0.777. The van der Waals surface area contributed by atoms with Gasteiger partial charge in [0.25, 0.3) is 5.91 Å². The minimum atomic E-state index is -0.452. The fourth-order valence-corrected chi connectivity index (χ4v) is 2.93. The summed E-state index contributed by atoms with van der Waals surface area (Å²) in [7, 11) is 0. The van der Waals surface area contributed by atoms with Gasteiger partial charge in [0, 0.05) is 12.6 Å². The molecule has 7 heteroatoms. The second kappa shape index (κ2) is 5.78. The number of halogens is 1. The molecule has 0 radical (unpaired) electrons. The topological polar surface area (TPSA) is 79.5 Å². The number of hydrogen-bond donors (Lipinski definition) is 3. The van der Waals surface area contributed by atoms with E-state index < -0.39 is 5.41 Å². The summed E-state index contributed by atoms with van der Waals surface area (Å²) < 4.78 is 5.35. The third-order valence-corrected chi connectivity index (χ3v) is 4.41. The number of rotatable bonds is 2. The molecule has 0 aliphatic carbocycles. The van der Waals surface area contributed by atoms with Gasteiger partial charge in [0.1, 0.15) is 5.75 Å². The first-order valence-corrected chi connectivity index (χ1v) is 7.64. The Morgan fingerprint density at radius 1 is 1.45 bits per heavy atom. The fraction of sp³-hybridized carbons (Fsp3) is 0.467. The molecule has 2 amide bonds. The number of nitrogens with one attached hydrogen (secondary N) is 3. The Balaban J connectivity index is 1.80. The van der Waals surface area contributed by atoms with E-state index in [2.05, 4.69) is 16.0 Å². The first-order valence-electron chi connectivity index (χ1n) is 7.26. The van der Waals surface area contributed by atoms with Crippen molar-refractivity contribution in [2.45, 2.75) is 19.8 Å². The van der Waals surface area contributed by atoms with Crippen LogP contribution in [0.25, 0.3) is 0 Å². The summed E-state index contributed by atoms with van der Waals surface area (Å²) in [6, 6.07) is 3.24. The molecule has 3 rings (SSSR count). The van der Waals surface area contributed by atoms with Crippen molar-refractivity contribution in [3.63, 3.8) is 0 Å². The molecule has 0 saturated carbocycles. The molecular weight excluding hydrogens is 306 g/mol. The minimum absolute atomic E-state index is 0.0380. The van der Waals surface area contributed by atoms with Crippen LogP contribution in [-0.4, -0.2) is 31.5 Å². The molecule has 1 fully saturated rings. The van der Waals surface area contributed by atoms with Gasteiger partial charge < -0.3 is 20.7 Å². The van der Waals surface area contributed by atoms with Crippen LogP contribution >= 0.6 is 11.6 Å². The molecule has 3 N–H and O–H groups in total. The summed E-state index contributed by atoms with van der Waals surface area (Å²) in [5.41, 5.74) is 0.560. The van der Waals surface area contributed by atoms with Crippen LogP contribution in [0.4, 0.5) is 11.4 Å². The van der Waals surface area contributed by atoms with Crippen LogP contribution in [0.15, 0.2) is 12.1 Å². The zero-order valence-electron chi connectivity index (χ0n) is 12.3. The number of carbonyl (C=O) groups is 2. The highest BCUT2D eigenvalue weighted by Crippen LogP contribution is 2.37. The van der Waals surface area contributed by atoms with Crippen LogP contribution in [-0.2, 0) is 9.59 Å². The average Bonchev–Trinajstić information content (AvgIpc) is 2.49. The monoisotopic (exact) mass is 323 g/mol. The Labute approximate surface area is 133 Å². The van der Waals surface area contributed by atoms with Crippen LogP contribution in [0, 0.1) is 5.41 Å². The van der Waals surface area contributed by atoms with E-state index in [0.717, 1.165) is 19.4 Å². The Kier molecular flexibility index (Phi) is 3.97. The molecule has 2 heterocycles. The van der Waals surface area contributed by atoms with E-state index in [1.807, 2.05) is 6.92 Å². The SMILES string of the molecule is CC1(C(=O)Nc2cc3c(cc2Cl)NC(=O)CO3)CCCNC1. The van der Waals surface area contributed by atoms with Crippen molar-refractivity contribution in [3.8, 4) is 5.75 Å². The predicted octanol–water partition coefficient (Wildman–Crippen LogP) is 2.00. The smallest absolute Gasteiger partial charge is 0.262 e. The van der Waals surface area contributed by atoms with Crippen molar-refractivity contribution in [1.82, 2.24) is 5.32 Å². The second-order valence-electron chi connectivity index (χ2n) is 5.96. The van der Waals surface area contributed by atoms with E-state index in [1.165, 1.54) is 0 Å². The van der Waals surface area contributed by atoms with Crippen molar-refractivity contribution < 1.29 is 14.3 Å². The highest BCUT2D eigenvalue weighted by Gasteiger charge is 2.35. The number of hydrogen-bond acceptors (Lipinski definition) is 4. The first-order chi connectivity index (χ1) is 10.5. The predicted molar refractivity (Wildman–Crippen MR) is 84.4 cm³/mol. The summed E-state index contributed by atoms with van der Waals surface area (Å²) in [5.74, 6) is 0.216. The van der Waals surface area contributed by atoms with Gasteiger partial charge in [0.15, 0.2) is 6.61 Å². The lowest BCUT2D eigenvalue weighted by molar-refractivity contribution is -0.125. The third-order valence-electron chi connectivity index (χ3n) is 4.10. The molecule has 0 spiro atoms. The normalized spacial score (nSPS) is 24.0. The molecule has 2 aliphatic heterocycles. The first kappa shape index (κ1) is 15.1. The molecule has 0 bridgehead atoms. The van der Waals surface area contributed by atoms with Crippen molar-refractivity contribution in [1.29, 1.82) is 0 Å². The van der Waals surface area contributed by atoms with Gasteiger partial charge in [-0.25, -0.2) is 0 Å². The van der Waals surface area contributed by atoms with Crippen molar-refractivity contribution >= 4 is 34.8 Å². The lowest BCUT2D eigenvalue weighted by Gasteiger charge is -2.32. The van der Waals surface area contributed by atoms with Crippen LogP contribution in [0.5, 0.6) is 5.75 Å². The highest BCUT2D eigenvalue weighted by atomic mass is 35.5. The Bertz CT molecular complexity index is 627. The van der Waals surface area contributed by atoms with Crippen LogP contribution in [0.1, 0.15) is 19.8 Å². The highest BCUT2D eigenvalue weighted by molar-refractivity contribution is 6.34. The Morgan fingerprint density at radius 2 is 2.27 bits per heavy atom. The summed E-state index contributed by atoms with van der Waals surface area (Å²) in [4.78, 5) is 23.8. The lowest BCUT2D eigenvalue weighted by Crippen LogP contribution is -2.46. The number of fused-ring (bicyclic) bond motifs is 1.